The molecule has 5 heteroatoms. The first kappa shape index (κ1) is 29.8. The largest absolute Gasteiger partial charge is 0.436 e. The van der Waals surface area contributed by atoms with Gasteiger partial charge in [-0.25, -0.2) is 4.98 Å². The third-order valence-corrected chi connectivity index (χ3v) is 7.33. The number of aryl methyl sites for hydroxylation is 1. The van der Waals surface area contributed by atoms with E-state index in [0.29, 0.717) is 17.6 Å². The number of nitrogens with zero attached hydrogens (tertiary/aromatic N) is 2. The average molecular weight is 519 g/mol. The number of hydrogen-bond donors (Lipinski definition) is 1. The predicted molar refractivity (Wildman–Crippen MR) is 158 cm³/mol. The first-order chi connectivity index (χ1) is 18.4. The number of benzene rings is 2. The molecule has 1 N–H and O–H groups in total. The fraction of sp³-hybridized carbons (Fsp3) is 0.515. The minimum atomic E-state index is 0.0262. The van der Waals surface area contributed by atoms with Gasteiger partial charge in [0, 0.05) is 30.1 Å². The molecular weight excluding hydrogens is 472 g/mol. The van der Waals surface area contributed by atoms with Crippen LogP contribution in [0, 0.1) is 18.8 Å². The predicted octanol–water partition coefficient (Wildman–Crippen LogP) is 8.94. The number of aliphatic hydroxyl groups is 1. The Morgan fingerprint density at radius 1 is 1.08 bits per heavy atom. The minimum absolute atomic E-state index is 0.0262. The van der Waals surface area contributed by atoms with Crippen LogP contribution < -0.4 is 0 Å². The maximum Gasteiger partial charge on any atom is 0.226 e. The van der Waals surface area contributed by atoms with Crippen molar-refractivity contribution in [2.45, 2.75) is 86.2 Å². The third kappa shape index (κ3) is 9.21. The van der Waals surface area contributed by atoms with E-state index >= 15 is 0 Å². The maximum atomic E-state index is 9.21. The molecule has 2 aromatic carbocycles. The zero-order chi connectivity index (χ0) is 27.3. The van der Waals surface area contributed by atoms with Crippen LogP contribution in [0.3, 0.4) is 0 Å². The number of ether oxygens (including phenoxy) is 1. The highest BCUT2D eigenvalue weighted by atomic mass is 16.5. The Balaban J connectivity index is 0.000000494. The normalized spacial score (nSPS) is 15.2. The van der Waals surface area contributed by atoms with Gasteiger partial charge >= 0.3 is 0 Å². The Hall–Kier alpha value is -2.76. The fourth-order valence-corrected chi connectivity index (χ4v) is 4.50. The lowest BCUT2D eigenvalue weighted by atomic mass is 9.91. The molecule has 0 radical (unpaired) electrons. The summed E-state index contributed by atoms with van der Waals surface area (Å²) in [6, 6.07) is 13.7. The van der Waals surface area contributed by atoms with Gasteiger partial charge in [-0.1, -0.05) is 83.2 Å². The van der Waals surface area contributed by atoms with Crippen molar-refractivity contribution in [2.24, 2.45) is 16.8 Å². The van der Waals surface area contributed by atoms with E-state index in [1.54, 1.807) is 6.20 Å². The summed E-state index contributed by atoms with van der Waals surface area (Å²) in [6.07, 6.45) is 11.2. The molecule has 38 heavy (non-hydrogen) atoms. The van der Waals surface area contributed by atoms with Gasteiger partial charge in [-0.2, -0.15) is 0 Å². The first-order valence-electron chi connectivity index (χ1n) is 14.3. The van der Waals surface area contributed by atoms with Crippen LogP contribution in [0.25, 0.3) is 22.8 Å². The molecule has 0 bridgehead atoms. The molecular formula is C33H46N2O3. The molecule has 0 amide bonds. The van der Waals surface area contributed by atoms with E-state index in [0.717, 1.165) is 65.6 Å². The molecule has 1 aliphatic rings. The number of aliphatic hydroxyl groups excluding tert-OH is 1. The number of oxazole rings is 1. The molecule has 1 atom stereocenters. The van der Waals surface area contributed by atoms with E-state index in [4.69, 9.17) is 14.1 Å². The van der Waals surface area contributed by atoms with Crippen LogP contribution in [0.5, 0.6) is 0 Å². The van der Waals surface area contributed by atoms with Gasteiger partial charge in [0.05, 0.1) is 18.5 Å². The summed E-state index contributed by atoms with van der Waals surface area (Å²) in [7, 11) is 0. The Kier molecular flexibility index (Phi) is 12.2. The molecule has 1 heterocycles. The molecule has 3 aromatic rings. The van der Waals surface area contributed by atoms with Crippen molar-refractivity contribution in [1.29, 1.82) is 0 Å². The molecule has 1 aliphatic carbocycles. The van der Waals surface area contributed by atoms with Crippen molar-refractivity contribution in [3.8, 4) is 22.8 Å². The minimum Gasteiger partial charge on any atom is -0.436 e. The lowest BCUT2D eigenvalue weighted by Gasteiger charge is -2.15. The molecule has 1 aromatic heterocycles. The number of aromatic nitrogens is 1. The second kappa shape index (κ2) is 15.6. The zero-order valence-electron chi connectivity index (χ0n) is 24.0. The van der Waals surface area contributed by atoms with Crippen molar-refractivity contribution in [1.82, 2.24) is 4.98 Å². The van der Waals surface area contributed by atoms with E-state index in [1.807, 2.05) is 36.4 Å². The van der Waals surface area contributed by atoms with Crippen LogP contribution in [0.1, 0.15) is 83.8 Å². The number of rotatable bonds is 10. The van der Waals surface area contributed by atoms with Crippen molar-refractivity contribution in [2.75, 3.05) is 13.2 Å². The molecule has 0 saturated heterocycles. The zero-order valence-corrected chi connectivity index (χ0v) is 24.0. The molecule has 5 nitrogen and oxygen atoms in total. The summed E-state index contributed by atoms with van der Waals surface area (Å²) < 4.78 is 11.6. The monoisotopic (exact) mass is 518 g/mol. The molecule has 1 unspecified atom stereocenters. The van der Waals surface area contributed by atoms with E-state index in [-0.39, 0.29) is 6.61 Å². The van der Waals surface area contributed by atoms with Crippen molar-refractivity contribution in [3.63, 3.8) is 0 Å². The van der Waals surface area contributed by atoms with Crippen LogP contribution in [-0.4, -0.2) is 29.0 Å². The third-order valence-electron chi connectivity index (χ3n) is 7.33. The van der Waals surface area contributed by atoms with Gasteiger partial charge in [-0.15, -0.1) is 0 Å². The van der Waals surface area contributed by atoms with Gasteiger partial charge in [-0.05, 0) is 61.8 Å². The number of hydrogen-bond acceptors (Lipinski definition) is 5. The molecule has 1 saturated carbocycles. The van der Waals surface area contributed by atoms with E-state index in [9.17, 15) is 5.11 Å². The molecule has 206 valence electrons. The van der Waals surface area contributed by atoms with Crippen LogP contribution >= 0.6 is 0 Å². The average Bonchev–Trinajstić information content (AvgIpc) is 3.43. The van der Waals surface area contributed by atoms with Crippen LogP contribution in [0.15, 0.2) is 58.1 Å². The van der Waals surface area contributed by atoms with Gasteiger partial charge in [0.2, 0.25) is 5.89 Å². The topological polar surface area (TPSA) is 67.9 Å². The lowest BCUT2D eigenvalue weighted by molar-refractivity contribution is 0.128. The Bertz CT molecular complexity index is 1130. The van der Waals surface area contributed by atoms with E-state index in [1.165, 1.54) is 32.1 Å². The lowest BCUT2D eigenvalue weighted by Crippen LogP contribution is -2.10. The number of aliphatic imine (C=N–C) groups is 1. The van der Waals surface area contributed by atoms with Gasteiger partial charge in [0.15, 0.2) is 5.76 Å². The molecule has 0 spiro atoms. The SMILES string of the molecule is CC1CCCCC1.CCCOCCC(C)C(C)=Nc1cc(-c2ncc(-c3ccc(CO)cc3)o2)ccc1C. The summed E-state index contributed by atoms with van der Waals surface area (Å²) in [5.74, 6) is 2.65. The molecule has 4 rings (SSSR count). The summed E-state index contributed by atoms with van der Waals surface area (Å²) in [4.78, 5) is 9.36. The smallest absolute Gasteiger partial charge is 0.226 e. The second-order valence-corrected chi connectivity index (χ2v) is 10.7. The van der Waals surface area contributed by atoms with Crippen molar-refractivity contribution < 1.29 is 14.3 Å². The van der Waals surface area contributed by atoms with Gasteiger partial charge < -0.3 is 14.3 Å². The van der Waals surface area contributed by atoms with E-state index < -0.39 is 0 Å². The maximum absolute atomic E-state index is 9.21. The van der Waals surface area contributed by atoms with Crippen molar-refractivity contribution in [3.05, 3.63) is 59.8 Å². The second-order valence-electron chi connectivity index (χ2n) is 10.7. The van der Waals surface area contributed by atoms with Crippen LogP contribution in [-0.2, 0) is 11.3 Å². The molecule has 1 fully saturated rings. The molecule has 0 aliphatic heterocycles. The fourth-order valence-electron chi connectivity index (χ4n) is 4.50. The highest BCUT2D eigenvalue weighted by molar-refractivity contribution is 5.87. The van der Waals surface area contributed by atoms with E-state index in [2.05, 4.69) is 45.7 Å². The summed E-state index contributed by atoms with van der Waals surface area (Å²) in [6.45, 7) is 12.4. The highest BCUT2D eigenvalue weighted by Gasteiger charge is 2.12. The van der Waals surface area contributed by atoms with Gasteiger partial charge in [0.1, 0.15) is 0 Å². The Morgan fingerprint density at radius 3 is 2.42 bits per heavy atom. The summed E-state index contributed by atoms with van der Waals surface area (Å²) in [5.41, 5.74) is 5.83. The Morgan fingerprint density at radius 2 is 1.79 bits per heavy atom. The first-order valence-corrected chi connectivity index (χ1v) is 14.3. The van der Waals surface area contributed by atoms with Gasteiger partial charge in [0.25, 0.3) is 0 Å². The van der Waals surface area contributed by atoms with Crippen LogP contribution in [0.4, 0.5) is 5.69 Å². The summed E-state index contributed by atoms with van der Waals surface area (Å²) >= 11 is 0. The summed E-state index contributed by atoms with van der Waals surface area (Å²) in [5, 5.41) is 9.21. The Labute approximate surface area is 229 Å². The standard InChI is InChI=1S/C26H32N2O3.C7H14/c1-5-13-30-14-12-18(2)20(4)28-24-15-23(9-6-19(24)3)26-27-16-25(31-26)22-10-7-21(17-29)8-11-22;1-7-5-3-2-4-6-7/h6-11,15-16,18,29H,5,12-14,17H2,1-4H3;7H,2-6H2,1H3. The van der Waals surface area contributed by atoms with Crippen molar-refractivity contribution >= 4 is 11.4 Å². The highest BCUT2D eigenvalue weighted by Crippen LogP contribution is 2.30. The van der Waals surface area contributed by atoms with Crippen LogP contribution in [0.2, 0.25) is 0 Å². The van der Waals surface area contributed by atoms with Gasteiger partial charge in [-0.3, -0.25) is 4.99 Å². The quantitative estimate of drug-likeness (QED) is 0.215.